The lowest BCUT2D eigenvalue weighted by Crippen LogP contribution is -2.41. The van der Waals surface area contributed by atoms with Gasteiger partial charge in [-0.3, -0.25) is 0 Å². The summed E-state index contributed by atoms with van der Waals surface area (Å²) in [5.41, 5.74) is 6.42. The van der Waals surface area contributed by atoms with Gasteiger partial charge in [0.25, 0.3) is 0 Å². The van der Waals surface area contributed by atoms with Gasteiger partial charge in [-0.2, -0.15) is 0 Å². The van der Waals surface area contributed by atoms with E-state index in [0.717, 1.165) is 10.0 Å². The van der Waals surface area contributed by atoms with Crippen molar-refractivity contribution in [3.63, 3.8) is 0 Å². The van der Waals surface area contributed by atoms with Crippen LogP contribution in [0.2, 0.25) is 5.02 Å². The molecule has 0 amide bonds. The van der Waals surface area contributed by atoms with Gasteiger partial charge >= 0.3 is 7.12 Å². The quantitative estimate of drug-likeness (QED) is 0.830. The van der Waals surface area contributed by atoms with Gasteiger partial charge in [-0.25, -0.2) is 0 Å². The summed E-state index contributed by atoms with van der Waals surface area (Å²) in [6.07, 6.45) is 0. The Balaban J connectivity index is 2.22. The van der Waals surface area contributed by atoms with Gasteiger partial charge in [0.2, 0.25) is 0 Å². The van der Waals surface area contributed by atoms with Crippen molar-refractivity contribution in [3.8, 4) is 0 Å². The van der Waals surface area contributed by atoms with Crippen LogP contribution in [0.5, 0.6) is 0 Å². The van der Waals surface area contributed by atoms with Crippen LogP contribution < -0.4 is 5.73 Å². The summed E-state index contributed by atoms with van der Waals surface area (Å²) in [5.74, 6) is -0.352. The van der Waals surface area contributed by atoms with E-state index in [1.165, 1.54) is 0 Å². The first-order valence-corrected chi connectivity index (χ1v) is 7.37. The molecule has 1 aliphatic rings. The summed E-state index contributed by atoms with van der Waals surface area (Å²) in [7, 11) is -0.460. The fraction of sp³-hybridized carbons (Fsp3) is 0.538. The Morgan fingerprint density at radius 2 is 1.74 bits per heavy atom. The van der Waals surface area contributed by atoms with Crippen molar-refractivity contribution in [1.82, 2.24) is 0 Å². The molecule has 1 aromatic rings. The molecule has 3 nitrogen and oxygen atoms in total. The van der Waals surface area contributed by atoms with E-state index in [1.807, 2.05) is 45.9 Å². The van der Waals surface area contributed by atoms with E-state index < -0.39 is 7.12 Å². The molecular formula is C13H18BBrClNO2. The molecule has 1 saturated heterocycles. The van der Waals surface area contributed by atoms with E-state index in [1.54, 1.807) is 0 Å². The summed E-state index contributed by atoms with van der Waals surface area (Å²) >= 11 is 9.38. The van der Waals surface area contributed by atoms with Gasteiger partial charge in [0, 0.05) is 4.47 Å². The summed E-state index contributed by atoms with van der Waals surface area (Å²) in [6.45, 7) is 8.05. The second kappa shape index (κ2) is 5.04. The fourth-order valence-electron chi connectivity index (χ4n) is 1.91. The Labute approximate surface area is 128 Å². The standard InChI is InChI=1S/C13H18BBrClNO2/c1-12(2)13(3,4)19-14(18-12)11(17)8-5-6-10(16)9(15)7-8/h5-7,11H,17H2,1-4H3/t11-/m1/s1. The molecule has 0 aliphatic carbocycles. The molecule has 0 bridgehead atoms. The van der Waals surface area contributed by atoms with Crippen molar-refractivity contribution in [2.24, 2.45) is 5.73 Å². The van der Waals surface area contributed by atoms with Crippen molar-refractivity contribution in [3.05, 3.63) is 33.3 Å². The maximum absolute atomic E-state index is 6.25. The number of rotatable bonds is 2. The molecule has 1 aliphatic heterocycles. The van der Waals surface area contributed by atoms with Crippen LogP contribution in [-0.4, -0.2) is 18.3 Å². The van der Waals surface area contributed by atoms with Crippen molar-refractivity contribution < 1.29 is 9.31 Å². The third-order valence-electron chi connectivity index (χ3n) is 3.89. The van der Waals surface area contributed by atoms with Crippen LogP contribution in [0.1, 0.15) is 39.2 Å². The first-order valence-electron chi connectivity index (χ1n) is 6.20. The van der Waals surface area contributed by atoms with Crippen LogP contribution in [0.3, 0.4) is 0 Å². The fourth-order valence-corrected chi connectivity index (χ4v) is 2.43. The number of hydrogen-bond acceptors (Lipinski definition) is 3. The highest BCUT2D eigenvalue weighted by Crippen LogP contribution is 2.40. The highest BCUT2D eigenvalue weighted by atomic mass is 79.9. The van der Waals surface area contributed by atoms with E-state index in [0.29, 0.717) is 5.02 Å². The predicted octanol–water partition coefficient (Wildman–Crippen LogP) is 3.73. The number of halogens is 2. The zero-order chi connectivity index (χ0) is 14.4. The molecule has 1 aromatic carbocycles. The van der Waals surface area contributed by atoms with Gasteiger partial charge in [-0.15, -0.1) is 0 Å². The molecular weight excluding hydrogens is 328 g/mol. The van der Waals surface area contributed by atoms with E-state index in [4.69, 9.17) is 26.6 Å². The maximum Gasteiger partial charge on any atom is 0.480 e. The van der Waals surface area contributed by atoms with E-state index in [2.05, 4.69) is 15.9 Å². The Bertz CT molecular complexity index is 480. The third-order valence-corrected chi connectivity index (χ3v) is 5.11. The van der Waals surface area contributed by atoms with E-state index >= 15 is 0 Å². The average Bonchev–Trinajstić information content (AvgIpc) is 2.51. The minimum atomic E-state index is -0.460. The van der Waals surface area contributed by atoms with Crippen LogP contribution in [0.4, 0.5) is 0 Å². The average molecular weight is 346 g/mol. The monoisotopic (exact) mass is 345 g/mol. The first kappa shape index (κ1) is 15.3. The topological polar surface area (TPSA) is 44.5 Å². The molecule has 0 saturated carbocycles. The second-order valence-electron chi connectivity index (χ2n) is 5.82. The molecule has 1 atom stereocenters. The highest BCUT2D eigenvalue weighted by Gasteiger charge is 2.53. The molecule has 2 N–H and O–H groups in total. The predicted molar refractivity (Wildman–Crippen MR) is 82.2 cm³/mol. The van der Waals surface area contributed by atoms with E-state index in [9.17, 15) is 0 Å². The Morgan fingerprint density at radius 1 is 1.21 bits per heavy atom. The molecule has 0 spiro atoms. The van der Waals surface area contributed by atoms with Gasteiger partial charge < -0.3 is 15.0 Å². The number of nitrogens with two attached hydrogens (primary N) is 1. The van der Waals surface area contributed by atoms with Crippen LogP contribution in [0.15, 0.2) is 22.7 Å². The zero-order valence-electron chi connectivity index (χ0n) is 11.5. The van der Waals surface area contributed by atoms with Crippen LogP contribution >= 0.6 is 27.5 Å². The van der Waals surface area contributed by atoms with Crippen LogP contribution in [0.25, 0.3) is 0 Å². The Morgan fingerprint density at radius 3 is 2.21 bits per heavy atom. The Hall–Kier alpha value is -0.0651. The van der Waals surface area contributed by atoms with Crippen molar-refractivity contribution in [2.75, 3.05) is 0 Å². The normalized spacial score (nSPS) is 22.6. The van der Waals surface area contributed by atoms with Crippen molar-refractivity contribution in [1.29, 1.82) is 0 Å². The smallest absolute Gasteiger partial charge is 0.402 e. The minimum absolute atomic E-state index is 0.352. The Kier molecular flexibility index (Phi) is 4.07. The maximum atomic E-state index is 6.25. The number of benzene rings is 1. The molecule has 2 rings (SSSR count). The molecule has 0 radical (unpaired) electrons. The molecule has 104 valence electrons. The van der Waals surface area contributed by atoms with Gasteiger partial charge in [-0.05, 0) is 61.3 Å². The van der Waals surface area contributed by atoms with Gasteiger partial charge in [0.05, 0.1) is 22.2 Å². The zero-order valence-corrected chi connectivity index (χ0v) is 13.9. The van der Waals surface area contributed by atoms with Crippen molar-refractivity contribution >= 4 is 34.6 Å². The molecule has 19 heavy (non-hydrogen) atoms. The van der Waals surface area contributed by atoms with E-state index in [-0.39, 0.29) is 17.1 Å². The largest absolute Gasteiger partial charge is 0.480 e. The first-order chi connectivity index (χ1) is 8.64. The van der Waals surface area contributed by atoms with Gasteiger partial charge in [0.1, 0.15) is 0 Å². The summed E-state index contributed by atoms with van der Waals surface area (Å²) in [4.78, 5) is 0. The van der Waals surface area contributed by atoms with Crippen LogP contribution in [0, 0.1) is 0 Å². The molecule has 1 fully saturated rings. The second-order valence-corrected chi connectivity index (χ2v) is 7.09. The molecule has 0 aromatic heterocycles. The SMILES string of the molecule is CC1(C)OB([C@H](N)c2ccc(Cl)c(Br)c2)OC1(C)C. The summed E-state index contributed by atoms with van der Waals surface area (Å²) in [6, 6.07) is 5.60. The lowest BCUT2D eigenvalue weighted by Gasteiger charge is -2.32. The van der Waals surface area contributed by atoms with Gasteiger partial charge in [-0.1, -0.05) is 17.7 Å². The molecule has 6 heteroatoms. The summed E-state index contributed by atoms with van der Waals surface area (Å²) in [5, 5.41) is 0.657. The lowest BCUT2D eigenvalue weighted by atomic mass is 9.75. The third kappa shape index (κ3) is 2.86. The lowest BCUT2D eigenvalue weighted by molar-refractivity contribution is 0.00578. The van der Waals surface area contributed by atoms with Crippen molar-refractivity contribution in [2.45, 2.75) is 44.8 Å². The summed E-state index contributed by atoms with van der Waals surface area (Å²) < 4.78 is 12.7. The number of hydrogen-bond donors (Lipinski definition) is 1. The highest BCUT2D eigenvalue weighted by molar-refractivity contribution is 9.10. The molecule has 1 heterocycles. The van der Waals surface area contributed by atoms with Crippen LogP contribution in [-0.2, 0) is 9.31 Å². The molecule has 0 unspecified atom stereocenters. The minimum Gasteiger partial charge on any atom is -0.402 e. The van der Waals surface area contributed by atoms with Gasteiger partial charge in [0.15, 0.2) is 0 Å².